The SMILES string of the molecule is N#Cc1ccc(C(F)(F)F)nc1N1CCN(CC(=O)Nc2ccc(Cl)cc2)CC1. The van der Waals surface area contributed by atoms with Gasteiger partial charge < -0.3 is 10.2 Å². The number of rotatable bonds is 4. The number of pyridine rings is 1. The van der Waals surface area contributed by atoms with E-state index in [9.17, 15) is 23.2 Å². The highest BCUT2D eigenvalue weighted by Crippen LogP contribution is 2.30. The van der Waals surface area contributed by atoms with Crippen LogP contribution >= 0.6 is 11.6 Å². The Balaban J connectivity index is 1.60. The summed E-state index contributed by atoms with van der Waals surface area (Å²) in [7, 11) is 0. The average molecular weight is 424 g/mol. The fourth-order valence-electron chi connectivity index (χ4n) is 2.99. The van der Waals surface area contributed by atoms with E-state index in [-0.39, 0.29) is 23.8 Å². The van der Waals surface area contributed by atoms with Crippen LogP contribution in [0.5, 0.6) is 0 Å². The first-order chi connectivity index (χ1) is 13.8. The molecule has 10 heteroatoms. The second-order valence-corrected chi connectivity index (χ2v) is 6.93. The van der Waals surface area contributed by atoms with E-state index in [0.717, 1.165) is 12.1 Å². The minimum Gasteiger partial charge on any atom is -0.353 e. The van der Waals surface area contributed by atoms with Gasteiger partial charge in [-0.1, -0.05) is 11.6 Å². The van der Waals surface area contributed by atoms with Crippen LogP contribution in [0, 0.1) is 11.3 Å². The summed E-state index contributed by atoms with van der Waals surface area (Å²) in [6.07, 6.45) is -4.58. The van der Waals surface area contributed by atoms with Crippen molar-refractivity contribution in [3.05, 3.63) is 52.7 Å². The molecule has 1 aliphatic rings. The molecule has 0 aliphatic carbocycles. The molecule has 29 heavy (non-hydrogen) atoms. The largest absolute Gasteiger partial charge is 0.433 e. The van der Waals surface area contributed by atoms with Crippen molar-refractivity contribution in [2.75, 3.05) is 42.9 Å². The molecular formula is C19H17ClF3N5O. The Labute approximate surface area is 170 Å². The van der Waals surface area contributed by atoms with Gasteiger partial charge in [-0.2, -0.15) is 18.4 Å². The summed E-state index contributed by atoms with van der Waals surface area (Å²) in [6.45, 7) is 1.78. The number of halogens is 4. The lowest BCUT2D eigenvalue weighted by Crippen LogP contribution is -2.49. The molecule has 3 rings (SSSR count). The normalized spacial score (nSPS) is 15.1. The molecule has 1 aromatic heterocycles. The third-order valence-corrected chi connectivity index (χ3v) is 4.71. The van der Waals surface area contributed by atoms with Crippen molar-refractivity contribution in [1.29, 1.82) is 5.26 Å². The maximum absolute atomic E-state index is 13.0. The van der Waals surface area contributed by atoms with Crippen LogP contribution in [-0.2, 0) is 11.0 Å². The Morgan fingerprint density at radius 3 is 2.38 bits per heavy atom. The van der Waals surface area contributed by atoms with Gasteiger partial charge in [-0.15, -0.1) is 0 Å². The first kappa shape index (κ1) is 20.9. The first-order valence-corrected chi connectivity index (χ1v) is 9.15. The van der Waals surface area contributed by atoms with Crippen LogP contribution in [0.2, 0.25) is 5.02 Å². The molecule has 1 aromatic carbocycles. The van der Waals surface area contributed by atoms with Gasteiger partial charge in [0, 0.05) is 36.9 Å². The number of nitrogens with zero attached hydrogens (tertiary/aromatic N) is 4. The lowest BCUT2D eigenvalue weighted by Gasteiger charge is -2.35. The van der Waals surface area contributed by atoms with Gasteiger partial charge in [0.1, 0.15) is 17.6 Å². The second-order valence-electron chi connectivity index (χ2n) is 6.50. The Morgan fingerprint density at radius 2 is 1.79 bits per heavy atom. The molecule has 0 bridgehead atoms. The molecule has 0 atom stereocenters. The fraction of sp³-hybridized carbons (Fsp3) is 0.316. The smallest absolute Gasteiger partial charge is 0.353 e. The molecule has 1 saturated heterocycles. The van der Waals surface area contributed by atoms with E-state index in [0.29, 0.717) is 36.9 Å². The van der Waals surface area contributed by atoms with E-state index in [2.05, 4.69) is 10.3 Å². The molecule has 1 fully saturated rings. The number of nitrogens with one attached hydrogen (secondary N) is 1. The van der Waals surface area contributed by atoms with Crippen molar-refractivity contribution >= 4 is 29.0 Å². The van der Waals surface area contributed by atoms with Crippen LogP contribution in [0.3, 0.4) is 0 Å². The second kappa shape index (κ2) is 8.68. The maximum atomic E-state index is 13.0. The molecule has 0 spiro atoms. The minimum atomic E-state index is -4.58. The minimum absolute atomic E-state index is 0.0209. The molecule has 152 valence electrons. The van der Waals surface area contributed by atoms with Gasteiger partial charge in [0.25, 0.3) is 0 Å². The quantitative estimate of drug-likeness (QED) is 0.816. The predicted molar refractivity (Wildman–Crippen MR) is 103 cm³/mol. The first-order valence-electron chi connectivity index (χ1n) is 8.77. The standard InChI is InChI=1S/C19H17ClF3N5O/c20-14-2-4-15(5-3-14)25-17(29)12-27-7-9-28(10-8-27)18-13(11-24)1-6-16(26-18)19(21,22)23/h1-6H,7-10,12H2,(H,25,29). The highest BCUT2D eigenvalue weighted by atomic mass is 35.5. The van der Waals surface area contributed by atoms with Crippen molar-refractivity contribution in [1.82, 2.24) is 9.88 Å². The number of alkyl halides is 3. The summed E-state index contributed by atoms with van der Waals surface area (Å²) in [4.78, 5) is 19.4. The third kappa shape index (κ3) is 5.37. The van der Waals surface area contributed by atoms with E-state index in [1.807, 2.05) is 11.0 Å². The molecule has 6 nitrogen and oxygen atoms in total. The number of hydrogen-bond acceptors (Lipinski definition) is 5. The molecule has 2 aromatic rings. The fourth-order valence-corrected chi connectivity index (χ4v) is 3.12. The Morgan fingerprint density at radius 1 is 1.14 bits per heavy atom. The van der Waals surface area contributed by atoms with E-state index < -0.39 is 11.9 Å². The molecule has 0 radical (unpaired) electrons. The predicted octanol–water partition coefficient (Wildman–Crippen LogP) is 3.39. The topological polar surface area (TPSA) is 72.3 Å². The third-order valence-electron chi connectivity index (χ3n) is 4.45. The van der Waals surface area contributed by atoms with Crippen LogP contribution in [0.25, 0.3) is 0 Å². The highest BCUT2D eigenvalue weighted by molar-refractivity contribution is 6.30. The number of nitriles is 1. The molecule has 1 aliphatic heterocycles. The summed E-state index contributed by atoms with van der Waals surface area (Å²) < 4.78 is 38.9. The monoisotopic (exact) mass is 423 g/mol. The number of anilines is 2. The number of hydrogen-bond donors (Lipinski definition) is 1. The summed E-state index contributed by atoms with van der Waals surface area (Å²) in [5.74, 6) is -0.178. The number of carbonyl (C=O) groups is 1. The van der Waals surface area contributed by atoms with E-state index in [1.165, 1.54) is 0 Å². The molecule has 1 N–H and O–H groups in total. The van der Waals surface area contributed by atoms with Crippen molar-refractivity contribution in [2.24, 2.45) is 0 Å². The van der Waals surface area contributed by atoms with Crippen LogP contribution in [0.4, 0.5) is 24.7 Å². The van der Waals surface area contributed by atoms with Gasteiger partial charge in [0.15, 0.2) is 0 Å². The molecule has 0 unspecified atom stereocenters. The van der Waals surface area contributed by atoms with Gasteiger partial charge in [-0.3, -0.25) is 9.69 Å². The lowest BCUT2D eigenvalue weighted by molar-refractivity contribution is -0.141. The van der Waals surface area contributed by atoms with Crippen LogP contribution in [-0.4, -0.2) is 48.5 Å². The number of aromatic nitrogens is 1. The van der Waals surface area contributed by atoms with Crippen LogP contribution < -0.4 is 10.2 Å². The molecule has 1 amide bonds. The van der Waals surface area contributed by atoms with E-state index in [4.69, 9.17) is 11.6 Å². The number of amides is 1. The average Bonchev–Trinajstić information content (AvgIpc) is 2.69. The molecule has 0 saturated carbocycles. The molecule has 2 heterocycles. The van der Waals surface area contributed by atoms with Crippen molar-refractivity contribution in [3.8, 4) is 6.07 Å². The van der Waals surface area contributed by atoms with E-state index in [1.54, 1.807) is 29.2 Å². The van der Waals surface area contributed by atoms with Crippen LogP contribution in [0.15, 0.2) is 36.4 Å². The summed E-state index contributed by atoms with van der Waals surface area (Å²) in [5, 5.41) is 12.5. The molecular weight excluding hydrogens is 407 g/mol. The lowest BCUT2D eigenvalue weighted by atomic mass is 10.2. The van der Waals surface area contributed by atoms with Gasteiger partial charge in [-0.25, -0.2) is 4.98 Å². The van der Waals surface area contributed by atoms with Crippen molar-refractivity contribution in [3.63, 3.8) is 0 Å². The van der Waals surface area contributed by atoms with Gasteiger partial charge in [-0.05, 0) is 36.4 Å². The number of carbonyl (C=O) groups excluding carboxylic acids is 1. The number of benzene rings is 1. The van der Waals surface area contributed by atoms with Crippen LogP contribution in [0.1, 0.15) is 11.3 Å². The summed E-state index contributed by atoms with van der Waals surface area (Å²) in [5.41, 5.74) is -0.312. The zero-order valence-corrected chi connectivity index (χ0v) is 16.0. The van der Waals surface area contributed by atoms with Crippen molar-refractivity contribution in [2.45, 2.75) is 6.18 Å². The van der Waals surface area contributed by atoms with E-state index >= 15 is 0 Å². The number of piperazine rings is 1. The van der Waals surface area contributed by atoms with Crippen molar-refractivity contribution < 1.29 is 18.0 Å². The zero-order chi connectivity index (χ0) is 21.0. The summed E-state index contributed by atoms with van der Waals surface area (Å²) >= 11 is 5.81. The Bertz CT molecular complexity index is 919. The Hall–Kier alpha value is -2.83. The highest BCUT2D eigenvalue weighted by Gasteiger charge is 2.34. The van der Waals surface area contributed by atoms with Gasteiger partial charge >= 0.3 is 6.18 Å². The zero-order valence-electron chi connectivity index (χ0n) is 15.2. The summed E-state index contributed by atoms with van der Waals surface area (Å²) in [6, 6.07) is 10.6. The Kier molecular flexibility index (Phi) is 6.25. The maximum Gasteiger partial charge on any atom is 0.433 e. The van der Waals surface area contributed by atoms with Gasteiger partial charge in [0.05, 0.1) is 12.1 Å². The van der Waals surface area contributed by atoms with Gasteiger partial charge in [0.2, 0.25) is 5.91 Å².